The van der Waals surface area contributed by atoms with Crippen molar-refractivity contribution < 1.29 is 9.53 Å². The van der Waals surface area contributed by atoms with Crippen molar-refractivity contribution in [1.82, 2.24) is 14.8 Å². The monoisotopic (exact) mass is 360 g/mol. The van der Waals surface area contributed by atoms with Crippen LogP contribution in [0.15, 0.2) is 29.4 Å². The number of carbonyl (C=O) groups is 1. The lowest BCUT2D eigenvalue weighted by molar-refractivity contribution is -0.116. The molecule has 25 heavy (non-hydrogen) atoms. The molecular formula is C18H24N4O2S. The van der Waals surface area contributed by atoms with Crippen LogP contribution in [0.1, 0.15) is 31.2 Å². The van der Waals surface area contributed by atoms with Gasteiger partial charge < -0.3 is 14.2 Å². The maximum Gasteiger partial charge on any atom is 0.237 e. The largest absolute Gasteiger partial charge is 0.383 e. The number of anilines is 1. The van der Waals surface area contributed by atoms with E-state index in [1.165, 1.54) is 17.3 Å². The Morgan fingerprint density at radius 2 is 2.12 bits per heavy atom. The van der Waals surface area contributed by atoms with Gasteiger partial charge in [0.25, 0.3) is 0 Å². The second-order valence-electron chi connectivity index (χ2n) is 6.35. The molecular weight excluding hydrogens is 336 g/mol. The predicted octanol–water partition coefficient (Wildman–Crippen LogP) is 2.73. The summed E-state index contributed by atoms with van der Waals surface area (Å²) in [6.07, 6.45) is 0.925. The first-order chi connectivity index (χ1) is 12.1. The van der Waals surface area contributed by atoms with Crippen LogP contribution in [0.2, 0.25) is 0 Å². The first-order valence-corrected chi connectivity index (χ1v) is 9.53. The summed E-state index contributed by atoms with van der Waals surface area (Å²) in [6.45, 7) is 6.23. The SMILES string of the molecule is COCCn1c(SCC(=O)N2CCc3ccccc32)nnc1C(C)C. The Labute approximate surface area is 152 Å². The number of carbonyl (C=O) groups excluding carboxylic acids is 1. The fourth-order valence-electron chi connectivity index (χ4n) is 3.03. The van der Waals surface area contributed by atoms with Crippen LogP contribution in [0, 0.1) is 0 Å². The number of hydrogen-bond acceptors (Lipinski definition) is 5. The van der Waals surface area contributed by atoms with Gasteiger partial charge in [-0.3, -0.25) is 4.79 Å². The van der Waals surface area contributed by atoms with Gasteiger partial charge in [0, 0.05) is 31.8 Å². The van der Waals surface area contributed by atoms with Gasteiger partial charge in [0.2, 0.25) is 5.91 Å². The Hall–Kier alpha value is -1.86. The summed E-state index contributed by atoms with van der Waals surface area (Å²) < 4.78 is 7.25. The van der Waals surface area contributed by atoms with Crippen LogP contribution in [0.3, 0.4) is 0 Å². The molecule has 1 amide bonds. The van der Waals surface area contributed by atoms with Crippen molar-refractivity contribution in [3.63, 3.8) is 0 Å². The van der Waals surface area contributed by atoms with Crippen molar-refractivity contribution in [3.8, 4) is 0 Å². The Kier molecular flexibility index (Phi) is 5.75. The maximum absolute atomic E-state index is 12.7. The molecule has 1 aliphatic heterocycles. The fourth-order valence-corrected chi connectivity index (χ4v) is 3.88. The van der Waals surface area contributed by atoms with Crippen molar-refractivity contribution in [2.45, 2.75) is 37.9 Å². The van der Waals surface area contributed by atoms with E-state index in [1.54, 1.807) is 7.11 Å². The third-order valence-electron chi connectivity index (χ3n) is 4.29. The van der Waals surface area contributed by atoms with Crippen molar-refractivity contribution in [2.75, 3.05) is 30.9 Å². The lowest BCUT2D eigenvalue weighted by Crippen LogP contribution is -2.30. The molecule has 1 aromatic heterocycles. The molecule has 134 valence electrons. The zero-order valence-corrected chi connectivity index (χ0v) is 15.8. The van der Waals surface area contributed by atoms with Gasteiger partial charge >= 0.3 is 0 Å². The zero-order chi connectivity index (χ0) is 17.8. The van der Waals surface area contributed by atoms with Crippen LogP contribution in [0.5, 0.6) is 0 Å². The minimum Gasteiger partial charge on any atom is -0.383 e. The van der Waals surface area contributed by atoms with Crippen LogP contribution in [0.25, 0.3) is 0 Å². The van der Waals surface area contributed by atoms with Gasteiger partial charge in [-0.05, 0) is 18.1 Å². The molecule has 0 saturated heterocycles. The van der Waals surface area contributed by atoms with Crippen molar-refractivity contribution in [3.05, 3.63) is 35.7 Å². The van der Waals surface area contributed by atoms with E-state index in [1.807, 2.05) is 23.1 Å². The summed E-state index contributed by atoms with van der Waals surface area (Å²) in [7, 11) is 1.68. The number of nitrogens with zero attached hydrogens (tertiary/aromatic N) is 4. The summed E-state index contributed by atoms with van der Waals surface area (Å²) in [5.74, 6) is 1.68. The number of rotatable bonds is 7. The molecule has 1 aromatic carbocycles. The highest BCUT2D eigenvalue weighted by atomic mass is 32.2. The minimum absolute atomic E-state index is 0.113. The quantitative estimate of drug-likeness (QED) is 0.711. The van der Waals surface area contributed by atoms with Crippen molar-refractivity contribution >= 4 is 23.4 Å². The number of aromatic nitrogens is 3. The number of thioether (sulfide) groups is 1. The third kappa shape index (κ3) is 3.88. The molecule has 0 atom stereocenters. The van der Waals surface area contributed by atoms with E-state index in [0.717, 1.165) is 29.6 Å². The van der Waals surface area contributed by atoms with E-state index in [4.69, 9.17) is 4.74 Å². The van der Waals surface area contributed by atoms with Crippen LogP contribution in [-0.2, 0) is 22.5 Å². The second-order valence-corrected chi connectivity index (χ2v) is 7.30. The van der Waals surface area contributed by atoms with Crippen LogP contribution < -0.4 is 4.90 Å². The number of fused-ring (bicyclic) bond motifs is 1. The van der Waals surface area contributed by atoms with Crippen molar-refractivity contribution in [2.24, 2.45) is 0 Å². The maximum atomic E-state index is 12.7. The molecule has 6 nitrogen and oxygen atoms in total. The Morgan fingerprint density at radius 3 is 2.88 bits per heavy atom. The molecule has 0 unspecified atom stereocenters. The molecule has 0 saturated carbocycles. The van der Waals surface area contributed by atoms with E-state index in [0.29, 0.717) is 18.9 Å². The van der Waals surface area contributed by atoms with Crippen molar-refractivity contribution in [1.29, 1.82) is 0 Å². The summed E-state index contributed by atoms with van der Waals surface area (Å²) >= 11 is 1.45. The van der Waals surface area contributed by atoms with Gasteiger partial charge in [-0.2, -0.15) is 0 Å². The van der Waals surface area contributed by atoms with Gasteiger partial charge in [-0.1, -0.05) is 43.8 Å². The lowest BCUT2D eigenvalue weighted by Gasteiger charge is -2.17. The second kappa shape index (κ2) is 8.01. The zero-order valence-electron chi connectivity index (χ0n) is 14.9. The number of para-hydroxylation sites is 1. The van der Waals surface area contributed by atoms with Crippen LogP contribution in [-0.4, -0.2) is 46.7 Å². The summed E-state index contributed by atoms with van der Waals surface area (Å²) in [5.41, 5.74) is 2.28. The van der Waals surface area contributed by atoms with E-state index in [-0.39, 0.29) is 11.8 Å². The summed E-state index contributed by atoms with van der Waals surface area (Å²) in [5, 5.41) is 9.35. The van der Waals surface area contributed by atoms with Gasteiger partial charge in [-0.15, -0.1) is 10.2 Å². The molecule has 0 radical (unpaired) electrons. The number of ether oxygens (including phenoxy) is 1. The topological polar surface area (TPSA) is 60.2 Å². The molecule has 0 N–H and O–H groups in total. The average Bonchev–Trinajstić information content (AvgIpc) is 3.21. The predicted molar refractivity (Wildman–Crippen MR) is 99.2 cm³/mol. The van der Waals surface area contributed by atoms with E-state index >= 15 is 0 Å². The highest BCUT2D eigenvalue weighted by Gasteiger charge is 2.25. The molecule has 1 aliphatic rings. The Balaban J connectivity index is 1.68. The highest BCUT2D eigenvalue weighted by molar-refractivity contribution is 7.99. The molecule has 3 rings (SSSR count). The van der Waals surface area contributed by atoms with E-state index in [2.05, 4.69) is 34.7 Å². The molecule has 2 aromatic rings. The third-order valence-corrected chi connectivity index (χ3v) is 5.25. The lowest BCUT2D eigenvalue weighted by atomic mass is 10.2. The van der Waals surface area contributed by atoms with E-state index < -0.39 is 0 Å². The minimum atomic E-state index is 0.113. The van der Waals surface area contributed by atoms with Crippen LogP contribution in [0.4, 0.5) is 5.69 Å². The molecule has 0 fully saturated rings. The molecule has 0 spiro atoms. The average molecular weight is 360 g/mol. The normalized spacial score (nSPS) is 13.5. The Morgan fingerprint density at radius 1 is 1.32 bits per heavy atom. The fraction of sp³-hybridized carbons (Fsp3) is 0.500. The summed E-state index contributed by atoms with van der Waals surface area (Å²) in [4.78, 5) is 14.5. The first-order valence-electron chi connectivity index (χ1n) is 8.55. The van der Waals surface area contributed by atoms with Gasteiger partial charge in [-0.25, -0.2) is 0 Å². The van der Waals surface area contributed by atoms with Gasteiger partial charge in [0.1, 0.15) is 5.82 Å². The smallest absolute Gasteiger partial charge is 0.237 e. The number of methoxy groups -OCH3 is 1. The van der Waals surface area contributed by atoms with E-state index in [9.17, 15) is 4.79 Å². The van der Waals surface area contributed by atoms with Gasteiger partial charge in [0.05, 0.1) is 12.4 Å². The standard InChI is InChI=1S/C18H24N4O2S/c1-13(2)17-19-20-18(22(17)10-11-24-3)25-12-16(23)21-9-8-14-6-4-5-7-15(14)21/h4-7,13H,8-12H2,1-3H3. The first kappa shape index (κ1) is 17.9. The number of benzene rings is 1. The summed E-state index contributed by atoms with van der Waals surface area (Å²) in [6, 6.07) is 8.11. The highest BCUT2D eigenvalue weighted by Crippen LogP contribution is 2.29. The molecule has 0 bridgehead atoms. The molecule has 2 heterocycles. The van der Waals surface area contributed by atoms with Crippen LogP contribution >= 0.6 is 11.8 Å². The molecule has 7 heteroatoms. The number of amides is 1. The number of hydrogen-bond donors (Lipinski definition) is 0. The molecule has 0 aliphatic carbocycles. The Bertz CT molecular complexity index is 744. The van der Waals surface area contributed by atoms with Gasteiger partial charge in [0.15, 0.2) is 5.16 Å².